The van der Waals surface area contributed by atoms with Gasteiger partial charge in [-0.2, -0.15) is 5.10 Å². The SMILES string of the molecule is O=C(NCc1cn(-c2ccccc2)nc1-c1ccc(Cl)s1)Nc1ccc(Cl)cc1. The highest BCUT2D eigenvalue weighted by atomic mass is 35.5. The summed E-state index contributed by atoms with van der Waals surface area (Å²) < 4.78 is 2.49. The van der Waals surface area contributed by atoms with Crippen molar-refractivity contribution in [2.24, 2.45) is 0 Å². The van der Waals surface area contributed by atoms with Crippen LogP contribution >= 0.6 is 34.5 Å². The van der Waals surface area contributed by atoms with Gasteiger partial charge in [-0.05, 0) is 48.5 Å². The van der Waals surface area contributed by atoms with Crippen LogP contribution in [0.1, 0.15) is 5.56 Å². The number of hydrogen-bond acceptors (Lipinski definition) is 3. The first-order valence-electron chi connectivity index (χ1n) is 8.78. The summed E-state index contributed by atoms with van der Waals surface area (Å²) in [6.07, 6.45) is 1.92. The molecule has 0 spiro atoms. The average molecular weight is 443 g/mol. The molecule has 29 heavy (non-hydrogen) atoms. The van der Waals surface area contributed by atoms with E-state index in [1.165, 1.54) is 11.3 Å². The smallest absolute Gasteiger partial charge is 0.319 e. The fourth-order valence-corrected chi connectivity index (χ4v) is 3.97. The van der Waals surface area contributed by atoms with Crippen LogP contribution in [-0.4, -0.2) is 15.8 Å². The third-order valence-electron chi connectivity index (χ3n) is 4.16. The van der Waals surface area contributed by atoms with E-state index in [-0.39, 0.29) is 6.03 Å². The number of hydrogen-bond donors (Lipinski definition) is 2. The van der Waals surface area contributed by atoms with Crippen LogP contribution in [0.15, 0.2) is 72.9 Å². The predicted molar refractivity (Wildman–Crippen MR) is 119 cm³/mol. The highest BCUT2D eigenvalue weighted by molar-refractivity contribution is 7.19. The van der Waals surface area contributed by atoms with Crippen LogP contribution in [0.2, 0.25) is 9.36 Å². The minimum atomic E-state index is -0.310. The van der Waals surface area contributed by atoms with E-state index in [9.17, 15) is 4.79 Å². The molecule has 146 valence electrons. The van der Waals surface area contributed by atoms with E-state index >= 15 is 0 Å². The van der Waals surface area contributed by atoms with Crippen LogP contribution in [0, 0.1) is 0 Å². The van der Waals surface area contributed by atoms with E-state index in [2.05, 4.69) is 10.6 Å². The number of aromatic nitrogens is 2. The second-order valence-electron chi connectivity index (χ2n) is 6.20. The molecule has 2 N–H and O–H groups in total. The van der Waals surface area contributed by atoms with E-state index < -0.39 is 0 Å². The summed E-state index contributed by atoms with van der Waals surface area (Å²) in [4.78, 5) is 13.2. The summed E-state index contributed by atoms with van der Waals surface area (Å²) >= 11 is 13.4. The van der Waals surface area contributed by atoms with Gasteiger partial charge in [-0.3, -0.25) is 0 Å². The number of rotatable bonds is 5. The Bertz CT molecular complexity index is 1120. The number of nitrogens with zero attached hydrogens (tertiary/aromatic N) is 2. The van der Waals surface area contributed by atoms with E-state index in [4.69, 9.17) is 28.3 Å². The lowest BCUT2D eigenvalue weighted by molar-refractivity contribution is 0.252. The molecule has 0 aliphatic rings. The van der Waals surface area contributed by atoms with Gasteiger partial charge in [0.15, 0.2) is 0 Å². The maximum atomic E-state index is 12.3. The molecule has 0 radical (unpaired) electrons. The van der Waals surface area contributed by atoms with Crippen LogP contribution in [0.3, 0.4) is 0 Å². The average Bonchev–Trinajstić information content (AvgIpc) is 3.35. The number of nitrogens with one attached hydrogen (secondary N) is 2. The van der Waals surface area contributed by atoms with Crippen molar-refractivity contribution in [3.63, 3.8) is 0 Å². The van der Waals surface area contributed by atoms with Crippen molar-refractivity contribution in [3.05, 3.63) is 87.8 Å². The molecular weight excluding hydrogens is 427 g/mol. The van der Waals surface area contributed by atoms with Crippen LogP contribution in [0.25, 0.3) is 16.3 Å². The summed E-state index contributed by atoms with van der Waals surface area (Å²) in [6, 6.07) is 20.2. The first kappa shape index (κ1) is 19.5. The second kappa shape index (κ2) is 8.69. The molecule has 0 saturated carbocycles. The Hall–Kier alpha value is -2.80. The molecule has 2 aromatic heterocycles. The zero-order valence-electron chi connectivity index (χ0n) is 15.1. The molecule has 8 heteroatoms. The summed E-state index contributed by atoms with van der Waals surface area (Å²) in [7, 11) is 0. The molecule has 0 bridgehead atoms. The number of carbonyl (C=O) groups is 1. The Morgan fingerprint density at radius 2 is 1.76 bits per heavy atom. The number of para-hydroxylation sites is 1. The van der Waals surface area contributed by atoms with Crippen LogP contribution in [-0.2, 0) is 6.54 Å². The number of amides is 2. The van der Waals surface area contributed by atoms with Gasteiger partial charge in [-0.25, -0.2) is 9.48 Å². The van der Waals surface area contributed by atoms with Crippen LogP contribution in [0.5, 0.6) is 0 Å². The van der Waals surface area contributed by atoms with Crippen molar-refractivity contribution < 1.29 is 4.79 Å². The molecule has 2 amide bonds. The van der Waals surface area contributed by atoms with Gasteiger partial charge in [0.1, 0.15) is 5.69 Å². The fourth-order valence-electron chi connectivity index (χ4n) is 2.79. The lowest BCUT2D eigenvalue weighted by atomic mass is 10.2. The molecule has 0 aliphatic heterocycles. The largest absolute Gasteiger partial charge is 0.334 e. The van der Waals surface area contributed by atoms with E-state index in [0.717, 1.165) is 21.8 Å². The van der Waals surface area contributed by atoms with Crippen molar-refractivity contribution in [1.82, 2.24) is 15.1 Å². The number of carbonyl (C=O) groups excluding carboxylic acids is 1. The number of anilines is 1. The van der Waals surface area contributed by atoms with Crippen LogP contribution < -0.4 is 10.6 Å². The first-order chi connectivity index (χ1) is 14.1. The second-order valence-corrected chi connectivity index (χ2v) is 8.35. The third-order valence-corrected chi connectivity index (χ3v) is 5.65. The fraction of sp³-hybridized carbons (Fsp3) is 0.0476. The molecule has 4 rings (SSSR count). The Morgan fingerprint density at radius 3 is 2.45 bits per heavy atom. The number of thiophene rings is 1. The minimum absolute atomic E-state index is 0.310. The monoisotopic (exact) mass is 442 g/mol. The van der Waals surface area contributed by atoms with E-state index in [0.29, 0.717) is 21.6 Å². The molecular formula is C21H16Cl2N4OS. The minimum Gasteiger partial charge on any atom is -0.334 e. The quantitative estimate of drug-likeness (QED) is 0.384. The van der Waals surface area contributed by atoms with Crippen LogP contribution in [0.4, 0.5) is 10.5 Å². The van der Waals surface area contributed by atoms with Gasteiger partial charge in [-0.1, -0.05) is 41.4 Å². The molecule has 0 saturated heterocycles. The third kappa shape index (κ3) is 4.79. The number of benzene rings is 2. The van der Waals surface area contributed by atoms with Gasteiger partial charge in [0.25, 0.3) is 0 Å². The van der Waals surface area contributed by atoms with Crippen molar-refractivity contribution >= 4 is 46.3 Å². The van der Waals surface area contributed by atoms with Gasteiger partial charge in [-0.15, -0.1) is 11.3 Å². The predicted octanol–water partition coefficient (Wildman–Crippen LogP) is 6.23. The van der Waals surface area contributed by atoms with Gasteiger partial charge in [0.2, 0.25) is 0 Å². The summed E-state index contributed by atoms with van der Waals surface area (Å²) in [6.45, 7) is 0.317. The van der Waals surface area contributed by atoms with Crippen molar-refractivity contribution in [1.29, 1.82) is 0 Å². The number of halogens is 2. The highest BCUT2D eigenvalue weighted by Gasteiger charge is 2.15. The Balaban J connectivity index is 1.54. The normalized spacial score (nSPS) is 10.7. The van der Waals surface area contributed by atoms with Crippen molar-refractivity contribution in [2.45, 2.75) is 6.54 Å². The molecule has 0 aliphatic carbocycles. The molecule has 0 atom stereocenters. The van der Waals surface area contributed by atoms with E-state index in [1.807, 2.05) is 48.7 Å². The van der Waals surface area contributed by atoms with Crippen molar-refractivity contribution in [3.8, 4) is 16.3 Å². The maximum Gasteiger partial charge on any atom is 0.319 e. The zero-order chi connectivity index (χ0) is 20.2. The van der Waals surface area contributed by atoms with Crippen molar-refractivity contribution in [2.75, 3.05) is 5.32 Å². The molecule has 0 fully saturated rings. The molecule has 4 aromatic rings. The highest BCUT2D eigenvalue weighted by Crippen LogP contribution is 2.32. The molecule has 5 nitrogen and oxygen atoms in total. The summed E-state index contributed by atoms with van der Waals surface area (Å²) in [5.41, 5.74) is 3.28. The standard InChI is InChI=1S/C21H16Cl2N4OS/c22-15-6-8-16(9-7-15)25-21(28)24-12-14-13-27(17-4-2-1-3-5-17)26-20(14)18-10-11-19(23)29-18/h1-11,13H,12H2,(H2,24,25,28). The zero-order valence-corrected chi connectivity index (χ0v) is 17.4. The van der Waals surface area contributed by atoms with Gasteiger partial charge in [0, 0.05) is 29.0 Å². The maximum absolute atomic E-state index is 12.3. The van der Waals surface area contributed by atoms with Gasteiger partial charge < -0.3 is 10.6 Å². The van der Waals surface area contributed by atoms with Gasteiger partial charge >= 0.3 is 6.03 Å². The first-order valence-corrected chi connectivity index (χ1v) is 10.4. The van der Waals surface area contributed by atoms with Gasteiger partial charge in [0.05, 0.1) is 14.9 Å². The summed E-state index contributed by atoms with van der Waals surface area (Å²) in [5, 5.41) is 11.0. The topological polar surface area (TPSA) is 59.0 Å². The molecule has 2 aromatic carbocycles. The lowest BCUT2D eigenvalue weighted by Crippen LogP contribution is -2.28. The Labute approximate surface area is 181 Å². The Morgan fingerprint density at radius 1 is 1.00 bits per heavy atom. The Kier molecular flexibility index (Phi) is 5.85. The lowest BCUT2D eigenvalue weighted by Gasteiger charge is -2.07. The molecule has 0 unspecified atom stereocenters. The summed E-state index contributed by atoms with van der Waals surface area (Å²) in [5.74, 6) is 0. The molecule has 2 heterocycles. The number of urea groups is 1. The van der Waals surface area contributed by atoms with E-state index in [1.54, 1.807) is 28.9 Å².